The Bertz CT molecular complexity index is 323. The number of nitrogens with one attached hydrogen (secondary N) is 1. The molecule has 1 aliphatic heterocycles. The first-order chi connectivity index (χ1) is 7.18. The summed E-state index contributed by atoms with van der Waals surface area (Å²) >= 11 is 0.0668. The Hall–Kier alpha value is -0.351. The average Bonchev–Trinajstić information content (AvgIpc) is 2.27. The number of hydroxylamine groups is 2. The summed E-state index contributed by atoms with van der Waals surface area (Å²) < 4.78 is 0.280. The van der Waals surface area contributed by atoms with Gasteiger partial charge < -0.3 is 0 Å². The quantitative estimate of drug-likeness (QED) is 0.358. The molecule has 0 aromatic heterocycles. The van der Waals surface area contributed by atoms with E-state index in [1.165, 1.54) is 5.57 Å². The second-order valence-electron chi connectivity index (χ2n) is 5.14. The Morgan fingerprint density at radius 3 is 2.44 bits per heavy atom. The van der Waals surface area contributed by atoms with Crippen molar-refractivity contribution in [1.29, 1.82) is 5.41 Å². The molecule has 0 aliphatic carbocycles. The summed E-state index contributed by atoms with van der Waals surface area (Å²) in [7, 11) is 0. The molecule has 0 radical (unpaired) electrons. The molecule has 1 aliphatic rings. The van der Waals surface area contributed by atoms with Crippen LogP contribution in [0.25, 0.3) is 0 Å². The van der Waals surface area contributed by atoms with Crippen LogP contribution in [0.5, 0.6) is 0 Å². The summed E-state index contributed by atoms with van der Waals surface area (Å²) in [6.45, 7) is 7.79. The summed E-state index contributed by atoms with van der Waals surface area (Å²) in [4.78, 5) is 0. The molecule has 1 rings (SSSR count). The van der Waals surface area contributed by atoms with Gasteiger partial charge >= 0.3 is 103 Å². The number of nitrogens with two attached hydrogens (primary N) is 1. The van der Waals surface area contributed by atoms with Gasteiger partial charge in [-0.1, -0.05) is 0 Å². The molecule has 0 saturated heterocycles. The summed E-state index contributed by atoms with van der Waals surface area (Å²) in [5.41, 5.74) is 5.69. The van der Waals surface area contributed by atoms with Crippen molar-refractivity contribution in [3.05, 3.63) is 16.9 Å². The zero-order valence-electron chi connectivity index (χ0n) is 10.3. The molecule has 5 heteroatoms. The molecule has 4 nitrogen and oxygen atoms in total. The van der Waals surface area contributed by atoms with E-state index in [0.29, 0.717) is 0 Å². The van der Waals surface area contributed by atoms with Crippen LogP contribution < -0.4 is 5.73 Å². The molecule has 0 spiro atoms. The van der Waals surface area contributed by atoms with E-state index in [0.717, 1.165) is 16.8 Å². The van der Waals surface area contributed by atoms with E-state index < -0.39 is 11.1 Å². The molecule has 92 valence electrons. The van der Waals surface area contributed by atoms with Gasteiger partial charge in [-0.05, 0) is 0 Å². The van der Waals surface area contributed by atoms with Crippen LogP contribution in [0.1, 0.15) is 34.1 Å². The number of rotatable bonds is 4. The monoisotopic (exact) mass is 290 g/mol. The third kappa shape index (κ3) is 2.66. The molecular weight excluding hydrogens is 269 g/mol. The van der Waals surface area contributed by atoms with Gasteiger partial charge in [0.25, 0.3) is 0 Å². The number of amidine groups is 1. The van der Waals surface area contributed by atoms with Gasteiger partial charge in [-0.3, -0.25) is 0 Å². The van der Waals surface area contributed by atoms with E-state index >= 15 is 0 Å². The molecule has 0 fully saturated rings. The van der Waals surface area contributed by atoms with E-state index in [4.69, 9.17) is 11.1 Å². The van der Waals surface area contributed by atoms with Crippen molar-refractivity contribution < 1.29 is 0 Å². The van der Waals surface area contributed by atoms with Gasteiger partial charge in [0.2, 0.25) is 0 Å². The molecule has 0 atom stereocenters. The van der Waals surface area contributed by atoms with Gasteiger partial charge in [0.05, 0.1) is 0 Å². The molecule has 1 heterocycles. The predicted octanol–water partition coefficient (Wildman–Crippen LogP) is 1.69. The molecule has 3 N–H and O–H groups in total. The Balaban J connectivity index is 2.69. The van der Waals surface area contributed by atoms with Crippen molar-refractivity contribution in [2.24, 2.45) is 5.73 Å². The maximum atomic E-state index is 12.1. The van der Waals surface area contributed by atoms with Crippen LogP contribution in [0.15, 0.2) is 11.6 Å². The normalized spacial score (nSPS) is 23.2. The minimum atomic E-state index is -0.420. The number of hydrogen-bond donors (Lipinski definition) is 2. The second-order valence-corrected chi connectivity index (χ2v) is 7.52. The van der Waals surface area contributed by atoms with E-state index in [1.807, 2.05) is 27.7 Å². The van der Waals surface area contributed by atoms with Gasteiger partial charge in [0.15, 0.2) is 0 Å². The molecule has 0 amide bonds. The van der Waals surface area contributed by atoms with Crippen LogP contribution in [-0.4, -0.2) is 35.8 Å². The topological polar surface area (TPSA) is 76.2 Å². The van der Waals surface area contributed by atoms with Crippen LogP contribution in [0, 0.1) is 10.6 Å². The molecule has 0 bridgehead atoms. The standard InChI is InChI=1S/C11H20N3OSe/c1-10(2)7-8(5-6-16-9(12)13)11(3,4)14(10)15/h7H,5-6H2,1-4H3,(H3,12,13)/q-1. The molecule has 0 saturated carbocycles. The first kappa shape index (κ1) is 13.7. The molecule has 0 unspecified atom stereocenters. The van der Waals surface area contributed by atoms with E-state index in [1.54, 1.807) is 0 Å². The predicted molar refractivity (Wildman–Crippen MR) is 68.5 cm³/mol. The van der Waals surface area contributed by atoms with Crippen molar-refractivity contribution in [2.75, 3.05) is 0 Å². The van der Waals surface area contributed by atoms with Crippen molar-refractivity contribution in [1.82, 2.24) is 5.06 Å². The van der Waals surface area contributed by atoms with Crippen LogP contribution in [0.3, 0.4) is 0 Å². The van der Waals surface area contributed by atoms with Crippen LogP contribution in [0.2, 0.25) is 5.32 Å². The third-order valence-corrected chi connectivity index (χ3v) is 4.48. The number of nitrogens with zero attached hydrogens (tertiary/aromatic N) is 1. The Kier molecular flexibility index (Phi) is 3.85. The molecule has 16 heavy (non-hydrogen) atoms. The van der Waals surface area contributed by atoms with Crippen LogP contribution in [-0.2, 0) is 0 Å². The molecular formula is C11H20N3OSe-. The van der Waals surface area contributed by atoms with Crippen molar-refractivity contribution in [3.63, 3.8) is 0 Å². The molecule has 0 aromatic carbocycles. The van der Waals surface area contributed by atoms with Crippen molar-refractivity contribution in [3.8, 4) is 0 Å². The Morgan fingerprint density at radius 2 is 2.06 bits per heavy atom. The number of hydrogen-bond acceptors (Lipinski definition) is 3. The Morgan fingerprint density at radius 1 is 1.50 bits per heavy atom. The zero-order chi connectivity index (χ0) is 12.6. The second kappa shape index (κ2) is 4.49. The van der Waals surface area contributed by atoms with Gasteiger partial charge in [0, 0.05) is 0 Å². The first-order valence-electron chi connectivity index (χ1n) is 5.34. The fourth-order valence-electron chi connectivity index (χ4n) is 2.16. The maximum absolute atomic E-state index is 12.1. The summed E-state index contributed by atoms with van der Waals surface area (Å²) in [6, 6.07) is 0. The fourth-order valence-corrected chi connectivity index (χ4v) is 3.30. The minimum absolute atomic E-state index is 0.0668. The summed E-state index contributed by atoms with van der Waals surface area (Å²) in [5, 5.41) is 21.3. The van der Waals surface area contributed by atoms with E-state index in [2.05, 4.69) is 6.08 Å². The van der Waals surface area contributed by atoms with E-state index in [-0.39, 0.29) is 19.7 Å². The van der Waals surface area contributed by atoms with Gasteiger partial charge in [-0.15, -0.1) is 0 Å². The Labute approximate surface area is 104 Å². The average molecular weight is 289 g/mol. The summed E-state index contributed by atoms with van der Waals surface area (Å²) in [5.74, 6) is 0. The third-order valence-electron chi connectivity index (χ3n) is 2.97. The van der Waals surface area contributed by atoms with Gasteiger partial charge in [0.1, 0.15) is 0 Å². The SMILES string of the molecule is CC1(C)C=C(CC[Se]C(=N)N)C(C)(C)N1[O-]. The van der Waals surface area contributed by atoms with Crippen LogP contribution >= 0.6 is 0 Å². The van der Waals surface area contributed by atoms with Crippen LogP contribution in [0.4, 0.5) is 0 Å². The first-order valence-corrected chi connectivity index (χ1v) is 7.41. The van der Waals surface area contributed by atoms with Gasteiger partial charge in [-0.2, -0.15) is 0 Å². The van der Waals surface area contributed by atoms with Gasteiger partial charge in [-0.25, -0.2) is 0 Å². The van der Waals surface area contributed by atoms with Crippen molar-refractivity contribution >= 4 is 19.7 Å². The van der Waals surface area contributed by atoms with E-state index in [9.17, 15) is 5.21 Å². The summed E-state index contributed by atoms with van der Waals surface area (Å²) in [6.07, 6.45) is 2.94. The van der Waals surface area contributed by atoms with Crippen molar-refractivity contribution in [2.45, 2.75) is 50.5 Å². The molecule has 0 aromatic rings. The zero-order valence-corrected chi connectivity index (χ0v) is 12.0. The fraction of sp³-hybridized carbons (Fsp3) is 0.727.